The van der Waals surface area contributed by atoms with Crippen molar-refractivity contribution in [2.45, 2.75) is 26.2 Å². The largest absolute Gasteiger partial charge is 0.330 e. The van der Waals surface area contributed by atoms with Gasteiger partial charge in [0.05, 0.1) is 5.52 Å². The Morgan fingerprint density at radius 3 is 2.94 bits per heavy atom. The Balaban J connectivity index is 2.58. The van der Waals surface area contributed by atoms with E-state index in [1.165, 1.54) is 5.56 Å². The van der Waals surface area contributed by atoms with E-state index >= 15 is 0 Å². The molecule has 0 saturated heterocycles. The van der Waals surface area contributed by atoms with Gasteiger partial charge in [-0.15, -0.1) is 0 Å². The van der Waals surface area contributed by atoms with E-state index in [4.69, 9.17) is 17.3 Å². The summed E-state index contributed by atoms with van der Waals surface area (Å²) in [4.78, 5) is 4.33. The van der Waals surface area contributed by atoms with Gasteiger partial charge < -0.3 is 10.1 Å². The molecule has 1 atom stereocenters. The van der Waals surface area contributed by atoms with Gasteiger partial charge in [-0.2, -0.15) is 0 Å². The van der Waals surface area contributed by atoms with Gasteiger partial charge in [0.2, 0.25) is 0 Å². The molecule has 0 aliphatic rings. The number of nitrogens with zero attached hydrogens (tertiary/aromatic N) is 2. The van der Waals surface area contributed by atoms with E-state index in [9.17, 15) is 0 Å². The van der Waals surface area contributed by atoms with E-state index in [2.05, 4.69) is 31.0 Å². The molecule has 0 aromatic carbocycles. The van der Waals surface area contributed by atoms with E-state index in [0.717, 1.165) is 17.8 Å². The smallest absolute Gasteiger partial charge is 0.155 e. The number of imidazole rings is 1. The van der Waals surface area contributed by atoms with Gasteiger partial charge in [-0.1, -0.05) is 25.4 Å². The maximum atomic E-state index is 6.11. The highest BCUT2D eigenvalue weighted by Crippen LogP contribution is 2.23. The molecule has 0 radical (unpaired) electrons. The van der Waals surface area contributed by atoms with Gasteiger partial charge in [0.25, 0.3) is 0 Å². The molecule has 1 unspecified atom stereocenters. The summed E-state index contributed by atoms with van der Waals surface area (Å²) in [7, 11) is 0. The number of fused-ring (bicyclic) bond motifs is 1. The van der Waals surface area contributed by atoms with Crippen molar-refractivity contribution < 1.29 is 0 Å². The second kappa shape index (κ2) is 4.44. The molecule has 4 heteroatoms. The van der Waals surface area contributed by atoms with E-state index < -0.39 is 0 Å². The summed E-state index contributed by atoms with van der Waals surface area (Å²) in [5.74, 6) is 1.34. The third kappa shape index (κ3) is 1.81. The number of hydrogen-bond acceptors (Lipinski definition) is 2. The lowest BCUT2D eigenvalue weighted by Crippen LogP contribution is -2.09. The fourth-order valence-corrected chi connectivity index (χ4v) is 2.06. The van der Waals surface area contributed by atoms with Crippen molar-refractivity contribution in [3.05, 3.63) is 34.9 Å². The minimum atomic E-state index is 0.348. The minimum Gasteiger partial charge on any atom is -0.330 e. The molecule has 0 bridgehead atoms. The molecule has 2 aromatic rings. The Kier molecular flexibility index (Phi) is 3.17. The highest BCUT2D eigenvalue weighted by atomic mass is 35.5. The molecule has 86 valence electrons. The van der Waals surface area contributed by atoms with Crippen LogP contribution >= 0.6 is 11.6 Å². The van der Waals surface area contributed by atoms with Crippen LogP contribution < -0.4 is 5.73 Å². The summed E-state index contributed by atoms with van der Waals surface area (Å²) in [6.07, 6.45) is 2.90. The molecule has 2 N–H and O–H groups in total. The molecular formula is C12H16ClN3. The second-order valence-electron chi connectivity index (χ2n) is 4.02. The van der Waals surface area contributed by atoms with Crippen LogP contribution in [-0.2, 0) is 6.42 Å². The van der Waals surface area contributed by atoms with E-state index in [0.29, 0.717) is 17.6 Å². The molecule has 0 spiro atoms. The average molecular weight is 238 g/mol. The van der Waals surface area contributed by atoms with Crippen LogP contribution in [0.1, 0.15) is 31.2 Å². The Morgan fingerprint density at radius 2 is 2.31 bits per heavy atom. The third-order valence-electron chi connectivity index (χ3n) is 2.93. The molecule has 0 aliphatic carbocycles. The lowest BCUT2D eigenvalue weighted by atomic mass is 10.0. The standard InChI is InChI=1S/C12H16ClN3/c1-3-11-15-12(13)10-6-9(8(2)7-14)4-5-16(10)11/h4-6,8H,3,7,14H2,1-2H3. The third-order valence-corrected chi connectivity index (χ3v) is 3.21. The molecule has 16 heavy (non-hydrogen) atoms. The fraction of sp³-hybridized carbons (Fsp3) is 0.417. The number of pyridine rings is 1. The van der Waals surface area contributed by atoms with Gasteiger partial charge in [0, 0.05) is 12.6 Å². The number of nitrogens with two attached hydrogens (primary N) is 1. The first-order valence-corrected chi connectivity index (χ1v) is 5.91. The van der Waals surface area contributed by atoms with Gasteiger partial charge in [0.1, 0.15) is 5.82 Å². The van der Waals surface area contributed by atoms with E-state index in [1.807, 2.05) is 10.6 Å². The molecule has 3 nitrogen and oxygen atoms in total. The number of rotatable bonds is 3. The van der Waals surface area contributed by atoms with Crippen LogP contribution in [0.3, 0.4) is 0 Å². The Labute approximate surface area is 100 Å². The van der Waals surface area contributed by atoms with E-state index in [-0.39, 0.29) is 0 Å². The molecule has 0 fully saturated rings. The molecule has 2 rings (SSSR count). The summed E-state index contributed by atoms with van der Waals surface area (Å²) in [6, 6.07) is 4.16. The average Bonchev–Trinajstić information content (AvgIpc) is 2.64. The molecule has 2 aromatic heterocycles. The van der Waals surface area contributed by atoms with Crippen molar-refractivity contribution >= 4 is 17.1 Å². The maximum absolute atomic E-state index is 6.11. The van der Waals surface area contributed by atoms with Gasteiger partial charge in [0.15, 0.2) is 5.15 Å². The van der Waals surface area contributed by atoms with Crippen molar-refractivity contribution in [1.29, 1.82) is 0 Å². The van der Waals surface area contributed by atoms with Crippen LogP contribution in [0.2, 0.25) is 5.15 Å². The van der Waals surface area contributed by atoms with Gasteiger partial charge in [-0.25, -0.2) is 4.98 Å². The van der Waals surface area contributed by atoms with Crippen LogP contribution in [0.5, 0.6) is 0 Å². The second-order valence-corrected chi connectivity index (χ2v) is 4.38. The predicted octanol–water partition coefficient (Wildman–Crippen LogP) is 2.61. The summed E-state index contributed by atoms with van der Waals surface area (Å²) < 4.78 is 2.04. The molecular weight excluding hydrogens is 222 g/mol. The van der Waals surface area contributed by atoms with Crippen LogP contribution in [0.15, 0.2) is 18.3 Å². The monoisotopic (exact) mass is 237 g/mol. The Hall–Kier alpha value is -1.06. The highest BCUT2D eigenvalue weighted by molar-refractivity contribution is 6.32. The number of aryl methyl sites for hydroxylation is 1. The van der Waals surface area contributed by atoms with Gasteiger partial charge in [-0.3, -0.25) is 0 Å². The van der Waals surface area contributed by atoms with Crippen LogP contribution in [0, 0.1) is 0 Å². The van der Waals surface area contributed by atoms with Crippen molar-refractivity contribution in [2.24, 2.45) is 5.73 Å². The highest BCUT2D eigenvalue weighted by Gasteiger charge is 2.10. The quantitative estimate of drug-likeness (QED) is 0.892. The van der Waals surface area contributed by atoms with Crippen molar-refractivity contribution in [3.63, 3.8) is 0 Å². The minimum absolute atomic E-state index is 0.348. The first kappa shape index (κ1) is 11.4. The first-order valence-electron chi connectivity index (χ1n) is 5.53. The number of halogens is 1. The van der Waals surface area contributed by atoms with Crippen molar-refractivity contribution in [1.82, 2.24) is 9.38 Å². The first-order chi connectivity index (χ1) is 7.67. The zero-order valence-corrected chi connectivity index (χ0v) is 10.3. The zero-order chi connectivity index (χ0) is 11.7. The molecule has 0 amide bonds. The van der Waals surface area contributed by atoms with Gasteiger partial charge >= 0.3 is 0 Å². The predicted molar refractivity (Wildman–Crippen MR) is 67.0 cm³/mol. The van der Waals surface area contributed by atoms with Crippen LogP contribution in [0.25, 0.3) is 5.52 Å². The summed E-state index contributed by atoms with van der Waals surface area (Å²) in [5.41, 5.74) is 7.84. The molecule has 2 heterocycles. The van der Waals surface area contributed by atoms with Crippen LogP contribution in [0.4, 0.5) is 0 Å². The number of hydrogen-bond donors (Lipinski definition) is 1. The topological polar surface area (TPSA) is 43.3 Å². The SMILES string of the molecule is CCc1nc(Cl)c2cc(C(C)CN)ccn12. The summed E-state index contributed by atoms with van der Waals surface area (Å²) >= 11 is 6.11. The summed E-state index contributed by atoms with van der Waals surface area (Å²) in [5, 5.41) is 0.572. The maximum Gasteiger partial charge on any atom is 0.155 e. The lowest BCUT2D eigenvalue weighted by Gasteiger charge is -2.09. The zero-order valence-electron chi connectivity index (χ0n) is 9.57. The fourth-order valence-electron chi connectivity index (χ4n) is 1.82. The summed E-state index contributed by atoms with van der Waals surface area (Å²) in [6.45, 7) is 4.82. The molecule has 0 saturated carbocycles. The molecule has 0 aliphatic heterocycles. The van der Waals surface area contributed by atoms with Gasteiger partial charge in [-0.05, 0) is 30.2 Å². The van der Waals surface area contributed by atoms with Crippen LogP contribution in [-0.4, -0.2) is 15.9 Å². The van der Waals surface area contributed by atoms with E-state index in [1.54, 1.807) is 0 Å². The normalized spacial score (nSPS) is 13.2. The Morgan fingerprint density at radius 1 is 1.56 bits per heavy atom. The number of aromatic nitrogens is 2. The lowest BCUT2D eigenvalue weighted by molar-refractivity contribution is 0.772. The van der Waals surface area contributed by atoms with Crippen molar-refractivity contribution in [3.8, 4) is 0 Å². The van der Waals surface area contributed by atoms with Crippen molar-refractivity contribution in [2.75, 3.05) is 6.54 Å². The Bertz CT molecular complexity index is 504.